The number of rotatable bonds is 6. The van der Waals surface area contributed by atoms with Gasteiger partial charge in [0.15, 0.2) is 0 Å². The summed E-state index contributed by atoms with van der Waals surface area (Å²) in [6.07, 6.45) is 4.98. The number of aliphatic hydroxyl groups excluding tert-OH is 1. The van der Waals surface area contributed by atoms with Crippen molar-refractivity contribution in [3.63, 3.8) is 0 Å². The number of hydrazine groups is 1. The van der Waals surface area contributed by atoms with E-state index in [-0.39, 0.29) is 12.0 Å². The van der Waals surface area contributed by atoms with E-state index in [1.165, 1.54) is 5.56 Å². The number of hydrogen-bond donors (Lipinski definition) is 1. The molecule has 1 aromatic carbocycles. The number of pyridine rings is 1. The smallest absolute Gasteiger partial charge is 0.0702 e. The standard InChI is InChI=1S/C20H27N3O/c1-17-8-9-19(14-21-17)22(2)23-13-12-20(15-23,16-24)11-10-18-6-4-3-5-7-18/h3-9,14,24H,10-13,15-16H2,1-2H3/t20-/m0/s1. The highest BCUT2D eigenvalue weighted by atomic mass is 16.3. The van der Waals surface area contributed by atoms with Gasteiger partial charge in [0.2, 0.25) is 0 Å². The molecule has 3 rings (SSSR count). The number of aliphatic hydroxyl groups is 1. The van der Waals surface area contributed by atoms with Crippen LogP contribution in [0, 0.1) is 12.3 Å². The van der Waals surface area contributed by atoms with E-state index in [4.69, 9.17) is 0 Å². The molecule has 0 unspecified atom stereocenters. The molecule has 2 aromatic rings. The molecule has 0 amide bonds. The monoisotopic (exact) mass is 325 g/mol. The highest BCUT2D eigenvalue weighted by Crippen LogP contribution is 2.36. The molecule has 0 saturated carbocycles. The average molecular weight is 325 g/mol. The lowest BCUT2D eigenvalue weighted by atomic mass is 9.82. The van der Waals surface area contributed by atoms with Crippen LogP contribution in [0.1, 0.15) is 24.1 Å². The molecule has 0 bridgehead atoms. The Morgan fingerprint density at radius 3 is 2.67 bits per heavy atom. The van der Waals surface area contributed by atoms with Gasteiger partial charge < -0.3 is 10.1 Å². The molecule has 0 aliphatic carbocycles. The van der Waals surface area contributed by atoms with Gasteiger partial charge in [-0.2, -0.15) is 0 Å². The summed E-state index contributed by atoms with van der Waals surface area (Å²) in [4.78, 5) is 4.39. The van der Waals surface area contributed by atoms with E-state index in [0.717, 1.165) is 43.7 Å². The van der Waals surface area contributed by atoms with Crippen molar-refractivity contribution in [2.45, 2.75) is 26.2 Å². The average Bonchev–Trinajstić information content (AvgIpc) is 3.06. The minimum atomic E-state index is -0.0117. The van der Waals surface area contributed by atoms with E-state index in [1.54, 1.807) is 0 Å². The quantitative estimate of drug-likeness (QED) is 0.886. The second-order valence-corrected chi connectivity index (χ2v) is 6.96. The van der Waals surface area contributed by atoms with Crippen molar-refractivity contribution < 1.29 is 5.11 Å². The first-order valence-electron chi connectivity index (χ1n) is 8.68. The van der Waals surface area contributed by atoms with Crippen LogP contribution in [0.4, 0.5) is 5.69 Å². The first-order chi connectivity index (χ1) is 11.6. The second-order valence-electron chi connectivity index (χ2n) is 6.96. The number of benzene rings is 1. The Morgan fingerprint density at radius 2 is 2.00 bits per heavy atom. The third kappa shape index (κ3) is 3.77. The van der Waals surface area contributed by atoms with Gasteiger partial charge in [-0.25, -0.2) is 5.01 Å². The van der Waals surface area contributed by atoms with Gasteiger partial charge >= 0.3 is 0 Å². The van der Waals surface area contributed by atoms with Gasteiger partial charge in [0.05, 0.1) is 18.5 Å². The number of hydrogen-bond acceptors (Lipinski definition) is 4. The lowest BCUT2D eigenvalue weighted by Crippen LogP contribution is -2.41. The van der Waals surface area contributed by atoms with Crippen molar-refractivity contribution in [1.82, 2.24) is 9.99 Å². The summed E-state index contributed by atoms with van der Waals surface area (Å²) in [5, 5.41) is 14.5. The zero-order valence-electron chi connectivity index (χ0n) is 14.7. The topological polar surface area (TPSA) is 39.6 Å². The zero-order valence-corrected chi connectivity index (χ0v) is 14.7. The Bertz CT molecular complexity index is 644. The van der Waals surface area contributed by atoms with Gasteiger partial charge in [0, 0.05) is 31.2 Å². The first-order valence-corrected chi connectivity index (χ1v) is 8.68. The van der Waals surface area contributed by atoms with Crippen LogP contribution in [-0.4, -0.2) is 41.8 Å². The van der Waals surface area contributed by atoms with Gasteiger partial charge in [0.25, 0.3) is 0 Å². The second kappa shape index (κ2) is 7.32. The number of aryl methyl sites for hydroxylation is 2. The van der Waals surface area contributed by atoms with Crippen molar-refractivity contribution in [1.29, 1.82) is 0 Å². The summed E-state index contributed by atoms with van der Waals surface area (Å²) < 4.78 is 0. The van der Waals surface area contributed by atoms with Crippen LogP contribution in [0.5, 0.6) is 0 Å². The number of nitrogens with zero attached hydrogens (tertiary/aromatic N) is 3. The summed E-state index contributed by atoms with van der Waals surface area (Å²) in [6, 6.07) is 14.7. The summed E-state index contributed by atoms with van der Waals surface area (Å²) in [5.41, 5.74) is 3.46. The summed E-state index contributed by atoms with van der Waals surface area (Å²) in [5.74, 6) is 0. The van der Waals surface area contributed by atoms with Crippen LogP contribution in [0.3, 0.4) is 0 Å². The fourth-order valence-electron chi connectivity index (χ4n) is 3.45. The van der Waals surface area contributed by atoms with E-state index in [2.05, 4.69) is 52.4 Å². The molecule has 4 heteroatoms. The zero-order chi connectivity index (χ0) is 17.0. The van der Waals surface area contributed by atoms with E-state index in [9.17, 15) is 5.11 Å². The minimum absolute atomic E-state index is 0.0117. The minimum Gasteiger partial charge on any atom is -0.396 e. The van der Waals surface area contributed by atoms with Gasteiger partial charge in [0.1, 0.15) is 0 Å². The molecule has 0 spiro atoms. The molecule has 2 heterocycles. The molecule has 1 N–H and O–H groups in total. The third-order valence-corrected chi connectivity index (χ3v) is 5.23. The van der Waals surface area contributed by atoms with Crippen LogP contribution in [0.25, 0.3) is 0 Å². The van der Waals surface area contributed by atoms with Crippen LogP contribution in [0.2, 0.25) is 0 Å². The highest BCUT2D eigenvalue weighted by Gasteiger charge is 2.38. The fourth-order valence-corrected chi connectivity index (χ4v) is 3.45. The number of anilines is 1. The van der Waals surface area contributed by atoms with E-state index >= 15 is 0 Å². The largest absolute Gasteiger partial charge is 0.396 e. The van der Waals surface area contributed by atoms with Crippen LogP contribution in [0.15, 0.2) is 48.7 Å². The Balaban J connectivity index is 1.64. The molecule has 1 aromatic heterocycles. The normalized spacial score (nSPS) is 21.1. The summed E-state index contributed by atoms with van der Waals surface area (Å²) in [7, 11) is 2.08. The Hall–Kier alpha value is -1.91. The third-order valence-electron chi connectivity index (χ3n) is 5.23. The maximum absolute atomic E-state index is 10.0. The molecule has 1 aliphatic heterocycles. The SMILES string of the molecule is Cc1ccc(N(C)N2CC[C@@](CO)(CCc3ccccc3)C2)cn1. The maximum Gasteiger partial charge on any atom is 0.0702 e. The van der Waals surface area contributed by atoms with Crippen LogP contribution < -0.4 is 5.01 Å². The molecular weight excluding hydrogens is 298 g/mol. The predicted octanol–water partition coefficient (Wildman–Crippen LogP) is 3.06. The summed E-state index contributed by atoms with van der Waals surface area (Å²) in [6.45, 7) is 4.11. The van der Waals surface area contributed by atoms with Gasteiger partial charge in [-0.1, -0.05) is 30.3 Å². The highest BCUT2D eigenvalue weighted by molar-refractivity contribution is 5.42. The van der Waals surface area contributed by atoms with E-state index in [1.807, 2.05) is 25.3 Å². The van der Waals surface area contributed by atoms with Crippen molar-refractivity contribution in [3.8, 4) is 0 Å². The van der Waals surface area contributed by atoms with Crippen LogP contribution in [-0.2, 0) is 6.42 Å². The van der Waals surface area contributed by atoms with Crippen molar-refractivity contribution in [2.24, 2.45) is 5.41 Å². The summed E-state index contributed by atoms with van der Waals surface area (Å²) >= 11 is 0. The molecule has 1 aliphatic rings. The Morgan fingerprint density at radius 1 is 1.21 bits per heavy atom. The van der Waals surface area contributed by atoms with Crippen molar-refractivity contribution in [3.05, 3.63) is 59.9 Å². The van der Waals surface area contributed by atoms with E-state index < -0.39 is 0 Å². The molecule has 0 radical (unpaired) electrons. The van der Waals surface area contributed by atoms with Crippen molar-refractivity contribution >= 4 is 5.69 Å². The lowest BCUT2D eigenvalue weighted by Gasteiger charge is -2.33. The van der Waals surface area contributed by atoms with Crippen molar-refractivity contribution in [2.75, 3.05) is 31.8 Å². The molecule has 1 atom stereocenters. The van der Waals surface area contributed by atoms with E-state index in [0.29, 0.717) is 0 Å². The van der Waals surface area contributed by atoms with Gasteiger partial charge in [-0.05, 0) is 43.9 Å². The van der Waals surface area contributed by atoms with Gasteiger partial charge in [-0.15, -0.1) is 0 Å². The molecule has 24 heavy (non-hydrogen) atoms. The molecule has 1 saturated heterocycles. The fraction of sp³-hybridized carbons (Fsp3) is 0.450. The predicted molar refractivity (Wildman–Crippen MR) is 97.8 cm³/mol. The number of aromatic nitrogens is 1. The lowest BCUT2D eigenvalue weighted by molar-refractivity contribution is 0.118. The molecular formula is C20H27N3O. The van der Waals surface area contributed by atoms with Gasteiger partial charge in [-0.3, -0.25) is 4.98 Å². The Kier molecular flexibility index (Phi) is 5.17. The molecule has 1 fully saturated rings. The maximum atomic E-state index is 10.0. The Labute approximate surface area is 144 Å². The first kappa shape index (κ1) is 16.9. The molecule has 4 nitrogen and oxygen atoms in total. The van der Waals surface area contributed by atoms with Crippen LogP contribution >= 0.6 is 0 Å². The molecule has 128 valence electrons.